The molecule has 144 valence electrons. The number of aromatic hydroxyl groups is 1. The summed E-state index contributed by atoms with van der Waals surface area (Å²) in [5, 5.41) is 9.83. The summed E-state index contributed by atoms with van der Waals surface area (Å²) in [6.07, 6.45) is 1.75. The molecule has 1 N–H and O–H groups in total. The summed E-state index contributed by atoms with van der Waals surface area (Å²) < 4.78 is 16.6. The van der Waals surface area contributed by atoms with Gasteiger partial charge >= 0.3 is 0 Å². The number of ether oxygens (including phenoxy) is 3. The lowest BCUT2D eigenvalue weighted by molar-refractivity contribution is -0.122. The standard InChI is InChI=1S/C20H17NO5S2/c1-2-24-16-7-12(3-5-14(16)22)9-18-19(23)21(20(27)28-18)10-13-4-6-15-17(8-13)26-11-25-15/h3-9,22H,2,10-11H2,1H3. The van der Waals surface area contributed by atoms with Gasteiger partial charge in [-0.15, -0.1) is 0 Å². The van der Waals surface area contributed by atoms with Gasteiger partial charge in [-0.25, -0.2) is 0 Å². The highest BCUT2D eigenvalue weighted by Crippen LogP contribution is 2.37. The van der Waals surface area contributed by atoms with Crippen LogP contribution in [0.4, 0.5) is 0 Å². The third-order valence-corrected chi connectivity index (χ3v) is 5.61. The van der Waals surface area contributed by atoms with Gasteiger partial charge in [-0.1, -0.05) is 36.1 Å². The monoisotopic (exact) mass is 415 g/mol. The Bertz CT molecular complexity index is 989. The number of thiocarbonyl (C=S) groups is 1. The van der Waals surface area contributed by atoms with E-state index in [1.54, 1.807) is 29.2 Å². The molecule has 0 spiro atoms. The summed E-state index contributed by atoms with van der Waals surface area (Å²) in [5.41, 5.74) is 1.66. The van der Waals surface area contributed by atoms with E-state index in [0.29, 0.717) is 39.6 Å². The topological polar surface area (TPSA) is 68.2 Å². The zero-order chi connectivity index (χ0) is 19.7. The largest absolute Gasteiger partial charge is 0.504 e. The van der Waals surface area contributed by atoms with Crippen LogP contribution in [0, 0.1) is 0 Å². The van der Waals surface area contributed by atoms with Crippen molar-refractivity contribution < 1.29 is 24.1 Å². The molecular formula is C20H17NO5S2. The third-order valence-electron chi connectivity index (χ3n) is 4.23. The zero-order valence-electron chi connectivity index (χ0n) is 15.0. The second-order valence-corrected chi connectivity index (χ2v) is 7.79. The lowest BCUT2D eigenvalue weighted by Crippen LogP contribution is -2.27. The highest BCUT2D eigenvalue weighted by atomic mass is 32.2. The maximum atomic E-state index is 12.8. The van der Waals surface area contributed by atoms with E-state index < -0.39 is 0 Å². The van der Waals surface area contributed by atoms with Gasteiger partial charge < -0.3 is 19.3 Å². The minimum atomic E-state index is -0.154. The molecule has 0 saturated carbocycles. The first-order valence-corrected chi connectivity index (χ1v) is 9.87. The quantitative estimate of drug-likeness (QED) is 0.586. The summed E-state index contributed by atoms with van der Waals surface area (Å²) in [6.45, 7) is 2.85. The van der Waals surface area contributed by atoms with Crippen LogP contribution in [0.3, 0.4) is 0 Å². The molecule has 0 unspecified atom stereocenters. The molecular weight excluding hydrogens is 398 g/mol. The Labute approximate surface area is 171 Å². The molecule has 2 aromatic carbocycles. The fraction of sp³-hybridized carbons (Fsp3) is 0.200. The van der Waals surface area contributed by atoms with Crippen molar-refractivity contribution in [1.29, 1.82) is 0 Å². The average Bonchev–Trinajstić information content (AvgIpc) is 3.24. The van der Waals surface area contributed by atoms with E-state index in [9.17, 15) is 9.90 Å². The Morgan fingerprint density at radius 1 is 1.25 bits per heavy atom. The third kappa shape index (κ3) is 3.65. The Morgan fingerprint density at radius 3 is 2.89 bits per heavy atom. The fourth-order valence-corrected chi connectivity index (χ4v) is 4.16. The van der Waals surface area contributed by atoms with E-state index in [-0.39, 0.29) is 18.4 Å². The molecule has 0 aliphatic carbocycles. The molecule has 2 heterocycles. The number of hydrogen-bond donors (Lipinski definition) is 1. The van der Waals surface area contributed by atoms with Crippen LogP contribution in [0.15, 0.2) is 41.3 Å². The number of amides is 1. The van der Waals surface area contributed by atoms with Crippen LogP contribution in [0.2, 0.25) is 0 Å². The number of benzene rings is 2. The fourth-order valence-electron chi connectivity index (χ4n) is 2.90. The normalized spacial score (nSPS) is 16.9. The second kappa shape index (κ2) is 7.73. The Kier molecular flexibility index (Phi) is 5.15. The van der Waals surface area contributed by atoms with Crippen LogP contribution in [0.25, 0.3) is 6.08 Å². The molecule has 0 bridgehead atoms. The predicted octanol–water partition coefficient (Wildman–Crippen LogP) is 3.92. The number of hydrogen-bond acceptors (Lipinski definition) is 7. The first-order valence-electron chi connectivity index (χ1n) is 8.65. The lowest BCUT2D eigenvalue weighted by Gasteiger charge is -2.14. The van der Waals surface area contributed by atoms with Gasteiger partial charge in [0.05, 0.1) is 18.1 Å². The molecule has 0 aromatic heterocycles. The van der Waals surface area contributed by atoms with E-state index in [4.69, 9.17) is 26.4 Å². The smallest absolute Gasteiger partial charge is 0.266 e. The van der Waals surface area contributed by atoms with Crippen molar-refractivity contribution in [3.05, 3.63) is 52.4 Å². The van der Waals surface area contributed by atoms with E-state index >= 15 is 0 Å². The van der Waals surface area contributed by atoms with Gasteiger partial charge in [0.25, 0.3) is 5.91 Å². The summed E-state index contributed by atoms with van der Waals surface area (Å²) in [7, 11) is 0. The molecule has 0 radical (unpaired) electrons. The molecule has 0 atom stereocenters. The Hall–Kier alpha value is -2.71. The predicted molar refractivity (Wildman–Crippen MR) is 111 cm³/mol. The number of carbonyl (C=O) groups excluding carboxylic acids is 1. The first kappa shape index (κ1) is 18.6. The van der Waals surface area contributed by atoms with Crippen LogP contribution in [0.1, 0.15) is 18.1 Å². The van der Waals surface area contributed by atoms with Crippen LogP contribution < -0.4 is 14.2 Å². The molecule has 1 amide bonds. The van der Waals surface area contributed by atoms with Crippen molar-refractivity contribution in [2.75, 3.05) is 13.4 Å². The van der Waals surface area contributed by atoms with Crippen LogP contribution >= 0.6 is 24.0 Å². The second-order valence-electron chi connectivity index (χ2n) is 6.12. The molecule has 2 aromatic rings. The van der Waals surface area contributed by atoms with Crippen molar-refractivity contribution in [3.8, 4) is 23.0 Å². The average molecular weight is 415 g/mol. The molecule has 2 aliphatic heterocycles. The van der Waals surface area contributed by atoms with E-state index in [1.807, 2.05) is 25.1 Å². The van der Waals surface area contributed by atoms with Crippen molar-refractivity contribution in [2.24, 2.45) is 0 Å². The minimum absolute atomic E-state index is 0.0642. The molecule has 28 heavy (non-hydrogen) atoms. The van der Waals surface area contributed by atoms with Gasteiger partial charge in [-0.2, -0.15) is 0 Å². The molecule has 4 rings (SSSR count). The number of phenolic OH excluding ortho intramolecular Hbond substituents is 1. The van der Waals surface area contributed by atoms with Crippen molar-refractivity contribution in [2.45, 2.75) is 13.5 Å². The highest BCUT2D eigenvalue weighted by molar-refractivity contribution is 8.26. The lowest BCUT2D eigenvalue weighted by atomic mass is 10.1. The number of nitrogens with zero attached hydrogens (tertiary/aromatic N) is 1. The zero-order valence-corrected chi connectivity index (χ0v) is 16.6. The van der Waals surface area contributed by atoms with Gasteiger partial charge in [0.2, 0.25) is 6.79 Å². The Balaban J connectivity index is 1.54. The number of fused-ring (bicyclic) bond motifs is 1. The molecule has 1 saturated heterocycles. The molecule has 8 heteroatoms. The van der Waals surface area contributed by atoms with E-state index in [2.05, 4.69) is 0 Å². The van der Waals surface area contributed by atoms with Crippen molar-refractivity contribution in [3.63, 3.8) is 0 Å². The summed E-state index contributed by atoms with van der Waals surface area (Å²) in [4.78, 5) is 14.9. The van der Waals surface area contributed by atoms with E-state index in [1.165, 1.54) is 11.8 Å². The summed E-state index contributed by atoms with van der Waals surface area (Å²) in [5.74, 6) is 1.66. The van der Waals surface area contributed by atoms with Crippen LogP contribution in [0.5, 0.6) is 23.0 Å². The Morgan fingerprint density at radius 2 is 2.07 bits per heavy atom. The van der Waals surface area contributed by atoms with Crippen LogP contribution in [-0.4, -0.2) is 33.6 Å². The number of phenols is 1. The van der Waals surface area contributed by atoms with Crippen molar-refractivity contribution in [1.82, 2.24) is 4.90 Å². The summed E-state index contributed by atoms with van der Waals surface area (Å²) >= 11 is 6.66. The number of carbonyl (C=O) groups is 1. The minimum Gasteiger partial charge on any atom is -0.504 e. The van der Waals surface area contributed by atoms with Gasteiger partial charge in [0, 0.05) is 0 Å². The maximum Gasteiger partial charge on any atom is 0.266 e. The van der Waals surface area contributed by atoms with Gasteiger partial charge in [0.1, 0.15) is 4.32 Å². The molecule has 6 nitrogen and oxygen atoms in total. The number of rotatable bonds is 5. The van der Waals surface area contributed by atoms with E-state index in [0.717, 1.165) is 11.1 Å². The number of thioether (sulfide) groups is 1. The first-order chi connectivity index (χ1) is 13.5. The van der Waals surface area contributed by atoms with Gasteiger partial charge in [0.15, 0.2) is 23.0 Å². The highest BCUT2D eigenvalue weighted by Gasteiger charge is 2.32. The van der Waals surface area contributed by atoms with Gasteiger partial charge in [-0.3, -0.25) is 9.69 Å². The van der Waals surface area contributed by atoms with Gasteiger partial charge in [-0.05, 0) is 48.4 Å². The SMILES string of the molecule is CCOc1cc(C=C2SC(=S)N(Cc3ccc4c(c3)OCO4)C2=O)ccc1O. The van der Waals surface area contributed by atoms with Crippen LogP contribution in [-0.2, 0) is 11.3 Å². The molecule has 2 aliphatic rings. The van der Waals surface area contributed by atoms with Crippen molar-refractivity contribution >= 4 is 40.3 Å². The summed E-state index contributed by atoms with van der Waals surface area (Å²) in [6, 6.07) is 10.6. The maximum absolute atomic E-state index is 12.8. The molecule has 1 fully saturated rings.